The van der Waals surface area contributed by atoms with E-state index in [4.69, 9.17) is 5.11 Å². The van der Waals surface area contributed by atoms with Gasteiger partial charge in [-0.3, -0.25) is 4.79 Å². The number of hydrogen-bond acceptors (Lipinski definition) is 4. The van der Waals surface area contributed by atoms with Crippen molar-refractivity contribution in [3.63, 3.8) is 0 Å². The van der Waals surface area contributed by atoms with Crippen molar-refractivity contribution >= 4 is 22.4 Å². The lowest BCUT2D eigenvalue weighted by Gasteiger charge is -2.06. The SMILES string of the molecule is O=C(CCCCO)Nc1nc2c(s1)CCCC2. The van der Waals surface area contributed by atoms with Gasteiger partial charge in [-0.2, -0.15) is 0 Å². The van der Waals surface area contributed by atoms with E-state index in [1.165, 1.54) is 23.4 Å². The van der Waals surface area contributed by atoms with Gasteiger partial charge in [-0.1, -0.05) is 0 Å². The van der Waals surface area contributed by atoms with E-state index in [9.17, 15) is 4.79 Å². The molecule has 0 unspecified atom stereocenters. The number of aromatic nitrogens is 1. The lowest BCUT2D eigenvalue weighted by atomic mass is 10.0. The number of fused-ring (bicyclic) bond motifs is 1. The van der Waals surface area contributed by atoms with Crippen LogP contribution in [0.4, 0.5) is 5.13 Å². The van der Waals surface area contributed by atoms with Crippen LogP contribution >= 0.6 is 11.3 Å². The van der Waals surface area contributed by atoms with Crippen molar-refractivity contribution < 1.29 is 9.90 Å². The number of anilines is 1. The van der Waals surface area contributed by atoms with E-state index in [1.54, 1.807) is 11.3 Å². The summed E-state index contributed by atoms with van der Waals surface area (Å²) in [5, 5.41) is 12.2. The molecule has 0 aliphatic heterocycles. The van der Waals surface area contributed by atoms with Crippen LogP contribution in [-0.4, -0.2) is 22.6 Å². The molecule has 4 nitrogen and oxygen atoms in total. The molecule has 0 spiro atoms. The average Bonchev–Trinajstić information content (AvgIpc) is 2.71. The topological polar surface area (TPSA) is 62.2 Å². The second kappa shape index (κ2) is 6.12. The van der Waals surface area contributed by atoms with Crippen LogP contribution in [0.1, 0.15) is 42.7 Å². The molecule has 94 valence electrons. The van der Waals surface area contributed by atoms with Crippen molar-refractivity contribution in [1.29, 1.82) is 0 Å². The molecule has 0 fully saturated rings. The number of aryl methyl sites for hydroxylation is 2. The molecule has 2 rings (SSSR count). The summed E-state index contributed by atoms with van der Waals surface area (Å²) < 4.78 is 0. The first-order chi connectivity index (χ1) is 8.29. The number of thiazole rings is 1. The Morgan fingerprint density at radius 2 is 2.18 bits per heavy atom. The highest BCUT2D eigenvalue weighted by molar-refractivity contribution is 7.15. The fourth-order valence-electron chi connectivity index (χ4n) is 1.98. The lowest BCUT2D eigenvalue weighted by molar-refractivity contribution is -0.116. The van der Waals surface area contributed by atoms with Gasteiger partial charge in [0.25, 0.3) is 0 Å². The summed E-state index contributed by atoms with van der Waals surface area (Å²) in [5.41, 5.74) is 1.17. The maximum Gasteiger partial charge on any atom is 0.226 e. The van der Waals surface area contributed by atoms with Gasteiger partial charge in [0, 0.05) is 17.9 Å². The molecule has 5 heteroatoms. The number of nitrogens with one attached hydrogen (secondary N) is 1. The van der Waals surface area contributed by atoms with E-state index in [0.29, 0.717) is 12.8 Å². The highest BCUT2D eigenvalue weighted by Crippen LogP contribution is 2.29. The van der Waals surface area contributed by atoms with E-state index >= 15 is 0 Å². The summed E-state index contributed by atoms with van der Waals surface area (Å²) in [6.07, 6.45) is 6.47. The molecule has 1 aromatic rings. The van der Waals surface area contributed by atoms with Crippen molar-refractivity contribution in [3.8, 4) is 0 Å². The average molecular weight is 254 g/mol. The maximum atomic E-state index is 11.6. The normalized spacial score (nSPS) is 14.4. The van der Waals surface area contributed by atoms with E-state index in [2.05, 4.69) is 10.3 Å². The van der Waals surface area contributed by atoms with Crippen LogP contribution < -0.4 is 5.32 Å². The summed E-state index contributed by atoms with van der Waals surface area (Å²) in [4.78, 5) is 17.4. The van der Waals surface area contributed by atoms with Crippen LogP contribution in [0.25, 0.3) is 0 Å². The van der Waals surface area contributed by atoms with Gasteiger partial charge < -0.3 is 10.4 Å². The zero-order valence-corrected chi connectivity index (χ0v) is 10.7. The van der Waals surface area contributed by atoms with Crippen LogP contribution in [0.5, 0.6) is 0 Å². The third kappa shape index (κ3) is 3.51. The number of unbranched alkanes of at least 4 members (excludes halogenated alkanes) is 1. The van der Waals surface area contributed by atoms with Crippen molar-refractivity contribution in [2.24, 2.45) is 0 Å². The first-order valence-corrected chi connectivity index (χ1v) is 7.00. The molecule has 17 heavy (non-hydrogen) atoms. The molecule has 1 aliphatic rings. The molecule has 0 aromatic carbocycles. The molecule has 0 bridgehead atoms. The summed E-state index contributed by atoms with van der Waals surface area (Å²) in [5.74, 6) is 0.00421. The summed E-state index contributed by atoms with van der Waals surface area (Å²) in [7, 11) is 0. The number of amides is 1. The van der Waals surface area contributed by atoms with Crippen LogP contribution in [0.2, 0.25) is 0 Å². The van der Waals surface area contributed by atoms with E-state index < -0.39 is 0 Å². The molecule has 0 saturated heterocycles. The van der Waals surface area contributed by atoms with Crippen LogP contribution in [0.3, 0.4) is 0 Å². The maximum absolute atomic E-state index is 11.6. The van der Waals surface area contributed by atoms with Gasteiger partial charge in [0.15, 0.2) is 5.13 Å². The Morgan fingerprint density at radius 3 is 2.94 bits per heavy atom. The molecule has 1 aromatic heterocycles. The summed E-state index contributed by atoms with van der Waals surface area (Å²) >= 11 is 1.61. The van der Waals surface area contributed by atoms with Gasteiger partial charge in [0.2, 0.25) is 5.91 Å². The molecular weight excluding hydrogens is 236 g/mol. The van der Waals surface area contributed by atoms with E-state index in [-0.39, 0.29) is 12.5 Å². The Morgan fingerprint density at radius 1 is 1.35 bits per heavy atom. The third-order valence-electron chi connectivity index (χ3n) is 2.90. The fraction of sp³-hybridized carbons (Fsp3) is 0.667. The van der Waals surface area contributed by atoms with Gasteiger partial charge in [-0.15, -0.1) is 11.3 Å². The molecule has 0 radical (unpaired) electrons. The Kier molecular flexibility index (Phi) is 4.50. The number of hydrogen-bond donors (Lipinski definition) is 2. The van der Waals surface area contributed by atoms with Crippen molar-refractivity contribution in [1.82, 2.24) is 4.98 Å². The summed E-state index contributed by atoms with van der Waals surface area (Å²) in [6.45, 7) is 0.152. The van der Waals surface area contributed by atoms with Gasteiger partial charge in [-0.25, -0.2) is 4.98 Å². The minimum absolute atomic E-state index is 0.00421. The number of carbonyl (C=O) groups is 1. The van der Waals surface area contributed by atoms with Gasteiger partial charge in [-0.05, 0) is 38.5 Å². The number of carbonyl (C=O) groups excluding carboxylic acids is 1. The molecule has 1 aliphatic carbocycles. The van der Waals surface area contributed by atoms with Crippen molar-refractivity contribution in [2.45, 2.75) is 44.9 Å². The van der Waals surface area contributed by atoms with Crippen LogP contribution in [-0.2, 0) is 17.6 Å². The molecule has 0 saturated carbocycles. The third-order valence-corrected chi connectivity index (χ3v) is 3.98. The highest BCUT2D eigenvalue weighted by Gasteiger charge is 2.15. The number of rotatable bonds is 5. The van der Waals surface area contributed by atoms with Crippen molar-refractivity contribution in [2.75, 3.05) is 11.9 Å². The number of nitrogens with zero attached hydrogens (tertiary/aromatic N) is 1. The lowest BCUT2D eigenvalue weighted by Crippen LogP contribution is -2.11. The van der Waals surface area contributed by atoms with E-state index in [0.717, 1.165) is 24.4 Å². The number of aliphatic hydroxyl groups is 1. The van der Waals surface area contributed by atoms with Gasteiger partial charge in [0.05, 0.1) is 5.69 Å². The first-order valence-electron chi connectivity index (χ1n) is 6.19. The number of aliphatic hydroxyl groups excluding tert-OH is 1. The standard InChI is InChI=1S/C12H18N2O2S/c15-8-4-3-7-11(16)14-12-13-9-5-1-2-6-10(9)17-12/h15H,1-8H2,(H,13,14,16). The zero-order valence-electron chi connectivity index (χ0n) is 9.87. The predicted molar refractivity (Wildman–Crippen MR) is 68.3 cm³/mol. The Labute approximate surface area is 105 Å². The van der Waals surface area contributed by atoms with Crippen LogP contribution in [0.15, 0.2) is 0 Å². The van der Waals surface area contributed by atoms with Gasteiger partial charge >= 0.3 is 0 Å². The highest BCUT2D eigenvalue weighted by atomic mass is 32.1. The molecular formula is C12H18N2O2S. The molecule has 0 atom stereocenters. The van der Waals surface area contributed by atoms with E-state index in [1.807, 2.05) is 0 Å². The Balaban J connectivity index is 1.86. The molecule has 1 amide bonds. The quantitative estimate of drug-likeness (QED) is 0.791. The minimum Gasteiger partial charge on any atom is -0.396 e. The first kappa shape index (κ1) is 12.5. The second-order valence-electron chi connectivity index (χ2n) is 4.32. The molecule has 1 heterocycles. The minimum atomic E-state index is 0.00421. The second-order valence-corrected chi connectivity index (χ2v) is 5.41. The van der Waals surface area contributed by atoms with Gasteiger partial charge in [0.1, 0.15) is 0 Å². The largest absolute Gasteiger partial charge is 0.396 e. The summed E-state index contributed by atoms with van der Waals surface area (Å²) in [6, 6.07) is 0. The smallest absolute Gasteiger partial charge is 0.226 e. The monoisotopic (exact) mass is 254 g/mol. The fourth-order valence-corrected chi connectivity index (χ4v) is 3.05. The molecule has 2 N–H and O–H groups in total. The predicted octanol–water partition coefficient (Wildman–Crippen LogP) is 2.12. The Hall–Kier alpha value is -0.940. The zero-order chi connectivity index (χ0) is 12.1. The van der Waals surface area contributed by atoms with Crippen molar-refractivity contribution in [3.05, 3.63) is 10.6 Å². The Bertz CT molecular complexity index is 366. The van der Waals surface area contributed by atoms with Crippen LogP contribution in [0, 0.1) is 0 Å².